The zero-order chi connectivity index (χ0) is 7.84. The zero-order valence-corrected chi connectivity index (χ0v) is 6.97. The summed E-state index contributed by atoms with van der Waals surface area (Å²) in [4.78, 5) is 0. The molecule has 0 N–H and O–H groups in total. The van der Waals surface area contributed by atoms with Crippen molar-refractivity contribution in [3.63, 3.8) is 0 Å². The van der Waals surface area contributed by atoms with Crippen LogP contribution in [0.2, 0.25) is 0 Å². The lowest BCUT2D eigenvalue weighted by Crippen LogP contribution is -2.27. The van der Waals surface area contributed by atoms with Crippen molar-refractivity contribution >= 4 is 0 Å². The van der Waals surface area contributed by atoms with Gasteiger partial charge in [0.25, 0.3) is 0 Å². The molecule has 1 nitrogen and oxygen atoms in total. The molecule has 1 fully saturated rings. The normalized spacial score (nSPS) is 36.1. The van der Waals surface area contributed by atoms with Gasteiger partial charge in [0.15, 0.2) is 0 Å². The maximum Gasteiger partial charge on any atom is 0.119 e. The highest BCUT2D eigenvalue weighted by atomic mass is 16.5. The van der Waals surface area contributed by atoms with Crippen molar-refractivity contribution in [1.82, 2.24) is 0 Å². The van der Waals surface area contributed by atoms with E-state index < -0.39 is 0 Å². The summed E-state index contributed by atoms with van der Waals surface area (Å²) in [6, 6.07) is 0. The maximum absolute atomic E-state index is 5.51. The van der Waals surface area contributed by atoms with Crippen LogP contribution in [0.3, 0.4) is 0 Å². The predicted octanol–water partition coefficient (Wildman–Crippen LogP) is 2.65. The summed E-state index contributed by atoms with van der Waals surface area (Å²) in [5.41, 5.74) is 2.69. The smallest absolute Gasteiger partial charge is 0.119 e. The van der Waals surface area contributed by atoms with Crippen LogP contribution in [0.4, 0.5) is 0 Å². The Morgan fingerprint density at radius 3 is 3.27 bits per heavy atom. The molecule has 2 aliphatic rings. The van der Waals surface area contributed by atoms with E-state index in [0.717, 1.165) is 12.3 Å². The van der Waals surface area contributed by atoms with Crippen LogP contribution in [0.1, 0.15) is 26.2 Å². The minimum atomic E-state index is 0.331. The van der Waals surface area contributed by atoms with Crippen molar-refractivity contribution in [2.45, 2.75) is 32.3 Å². The lowest BCUT2D eigenvalue weighted by Gasteiger charge is -2.35. The number of hydrogen-bond donors (Lipinski definition) is 0. The molecule has 0 amide bonds. The fourth-order valence-corrected chi connectivity index (χ4v) is 1.91. The summed E-state index contributed by atoms with van der Waals surface area (Å²) in [5, 5.41) is 0. The Kier molecular flexibility index (Phi) is 1.52. The van der Waals surface area contributed by atoms with Crippen LogP contribution in [0.25, 0.3) is 0 Å². The lowest BCUT2D eigenvalue weighted by molar-refractivity contribution is 0.107. The van der Waals surface area contributed by atoms with Gasteiger partial charge in [-0.25, -0.2) is 0 Å². The topological polar surface area (TPSA) is 9.23 Å². The van der Waals surface area contributed by atoms with Gasteiger partial charge in [0.1, 0.15) is 6.10 Å². The molecule has 60 valence electrons. The maximum atomic E-state index is 5.51. The van der Waals surface area contributed by atoms with Crippen LogP contribution in [0.5, 0.6) is 0 Å². The molecular formula is C10H14O. The number of ether oxygens (including phenoxy) is 1. The second kappa shape index (κ2) is 2.40. The Morgan fingerprint density at radius 2 is 2.45 bits per heavy atom. The number of hydrogen-bond acceptors (Lipinski definition) is 1. The van der Waals surface area contributed by atoms with Gasteiger partial charge in [0, 0.05) is 0 Å². The summed E-state index contributed by atoms with van der Waals surface area (Å²) in [6.07, 6.45) is 5.85. The molecule has 11 heavy (non-hydrogen) atoms. The second-order valence-electron chi connectivity index (χ2n) is 3.62. The van der Waals surface area contributed by atoms with Gasteiger partial charge < -0.3 is 4.74 Å². The van der Waals surface area contributed by atoms with Crippen LogP contribution in [-0.4, -0.2) is 6.10 Å². The van der Waals surface area contributed by atoms with Crippen molar-refractivity contribution in [2.75, 3.05) is 0 Å². The van der Waals surface area contributed by atoms with Gasteiger partial charge in [-0.15, -0.1) is 0 Å². The molecule has 0 aromatic rings. The molecule has 0 aromatic carbocycles. The SMILES string of the molecule is C=C1CC[C@@H]2C[C@H]1OC=C2C. The average molecular weight is 150 g/mol. The van der Waals surface area contributed by atoms with Crippen LogP contribution in [-0.2, 0) is 4.74 Å². The largest absolute Gasteiger partial charge is 0.494 e. The van der Waals surface area contributed by atoms with E-state index in [1.807, 2.05) is 6.26 Å². The fraction of sp³-hybridized carbons (Fsp3) is 0.600. The Hall–Kier alpha value is -0.720. The molecule has 0 spiro atoms. The quantitative estimate of drug-likeness (QED) is 0.482. The van der Waals surface area contributed by atoms with E-state index in [1.165, 1.54) is 24.0 Å². The van der Waals surface area contributed by atoms with E-state index in [4.69, 9.17) is 4.74 Å². The summed E-state index contributed by atoms with van der Waals surface area (Å²) in [6.45, 7) is 6.17. The van der Waals surface area contributed by atoms with E-state index in [0.29, 0.717) is 6.10 Å². The first kappa shape index (κ1) is 6.96. The van der Waals surface area contributed by atoms with Crippen molar-refractivity contribution in [3.8, 4) is 0 Å². The van der Waals surface area contributed by atoms with Gasteiger partial charge in [-0.3, -0.25) is 0 Å². The molecule has 1 aliphatic heterocycles. The van der Waals surface area contributed by atoms with Gasteiger partial charge in [0.2, 0.25) is 0 Å². The number of allylic oxidation sites excluding steroid dienone is 1. The van der Waals surface area contributed by atoms with Crippen LogP contribution < -0.4 is 0 Å². The number of fused-ring (bicyclic) bond motifs is 2. The Bertz CT molecular complexity index is 215. The average Bonchev–Trinajstić information content (AvgIpc) is 2.02. The summed E-state index contributed by atoms with van der Waals surface area (Å²) >= 11 is 0. The van der Waals surface area contributed by atoms with E-state index in [2.05, 4.69) is 13.5 Å². The third-order valence-corrected chi connectivity index (χ3v) is 2.83. The third-order valence-electron chi connectivity index (χ3n) is 2.83. The number of rotatable bonds is 0. The molecule has 0 radical (unpaired) electrons. The van der Waals surface area contributed by atoms with E-state index in [1.54, 1.807) is 0 Å². The van der Waals surface area contributed by atoms with Gasteiger partial charge in [0.05, 0.1) is 6.26 Å². The first-order valence-corrected chi connectivity index (χ1v) is 4.27. The second-order valence-corrected chi connectivity index (χ2v) is 3.62. The molecule has 1 heterocycles. The standard InChI is InChI=1S/C10H14O/c1-7-3-4-9-5-10(7)11-6-8(9)2/h6,9-10H,1,3-5H2,2H3/t9-,10-/m1/s1. The van der Waals surface area contributed by atoms with Crippen molar-refractivity contribution in [1.29, 1.82) is 0 Å². The van der Waals surface area contributed by atoms with Crippen molar-refractivity contribution in [2.24, 2.45) is 5.92 Å². The van der Waals surface area contributed by atoms with Crippen LogP contribution in [0.15, 0.2) is 24.0 Å². The molecule has 1 saturated carbocycles. The molecule has 0 unspecified atom stereocenters. The van der Waals surface area contributed by atoms with Crippen molar-refractivity contribution < 1.29 is 4.74 Å². The third kappa shape index (κ3) is 1.09. The van der Waals surface area contributed by atoms with Crippen LogP contribution >= 0.6 is 0 Å². The van der Waals surface area contributed by atoms with E-state index in [9.17, 15) is 0 Å². The molecular weight excluding hydrogens is 136 g/mol. The highest BCUT2D eigenvalue weighted by Gasteiger charge is 2.29. The van der Waals surface area contributed by atoms with Crippen LogP contribution in [0, 0.1) is 5.92 Å². The first-order valence-electron chi connectivity index (χ1n) is 4.27. The van der Waals surface area contributed by atoms with Crippen molar-refractivity contribution in [3.05, 3.63) is 24.0 Å². The molecule has 0 saturated heterocycles. The molecule has 2 rings (SSSR count). The molecule has 1 aliphatic carbocycles. The zero-order valence-electron chi connectivity index (χ0n) is 6.97. The molecule has 2 bridgehead atoms. The van der Waals surface area contributed by atoms with E-state index >= 15 is 0 Å². The molecule has 1 heteroatoms. The van der Waals surface area contributed by atoms with Gasteiger partial charge in [-0.05, 0) is 43.3 Å². The fourth-order valence-electron chi connectivity index (χ4n) is 1.91. The highest BCUT2D eigenvalue weighted by molar-refractivity contribution is 5.16. The van der Waals surface area contributed by atoms with Gasteiger partial charge in [-0.1, -0.05) is 6.58 Å². The minimum Gasteiger partial charge on any atom is -0.494 e. The monoisotopic (exact) mass is 150 g/mol. The minimum absolute atomic E-state index is 0.331. The highest BCUT2D eigenvalue weighted by Crippen LogP contribution is 2.37. The summed E-state index contributed by atoms with van der Waals surface area (Å²) in [5.74, 6) is 0.777. The molecule has 0 aromatic heterocycles. The van der Waals surface area contributed by atoms with Gasteiger partial charge >= 0.3 is 0 Å². The Morgan fingerprint density at radius 1 is 1.64 bits per heavy atom. The van der Waals surface area contributed by atoms with Gasteiger partial charge in [-0.2, -0.15) is 0 Å². The Balaban J connectivity index is 2.21. The first-order chi connectivity index (χ1) is 5.27. The summed E-state index contributed by atoms with van der Waals surface area (Å²) in [7, 11) is 0. The lowest BCUT2D eigenvalue weighted by atomic mass is 9.79. The predicted molar refractivity (Wildman–Crippen MR) is 45.1 cm³/mol. The summed E-state index contributed by atoms with van der Waals surface area (Å²) < 4.78 is 5.51. The van der Waals surface area contributed by atoms with E-state index in [-0.39, 0.29) is 0 Å². The molecule has 2 atom stereocenters. The Labute approximate surface area is 67.7 Å².